The fourth-order valence-corrected chi connectivity index (χ4v) is 2.00. The highest BCUT2D eigenvalue weighted by Gasteiger charge is 2.29. The number of rotatable bonds is 3. The summed E-state index contributed by atoms with van der Waals surface area (Å²) in [5, 5.41) is 0. The molecule has 0 aliphatic heterocycles. The number of hydrogen-bond acceptors (Lipinski definition) is 4. The topological polar surface area (TPSA) is 74.3 Å². The maximum absolute atomic E-state index is 11.5. The summed E-state index contributed by atoms with van der Waals surface area (Å²) in [5.41, 5.74) is 4.77. The Hall–Kier alpha value is -1.30. The van der Waals surface area contributed by atoms with Crippen LogP contribution < -0.4 is 11.2 Å². The number of anilines is 1. The summed E-state index contributed by atoms with van der Waals surface area (Å²) in [6.45, 7) is 3.91. The van der Waals surface area contributed by atoms with Gasteiger partial charge in [0.15, 0.2) is 0 Å². The number of ether oxygens (including phenoxy) is 1. The highest BCUT2D eigenvalue weighted by molar-refractivity contribution is 9.10. The third kappa shape index (κ3) is 3.09. The van der Waals surface area contributed by atoms with Crippen molar-refractivity contribution in [1.82, 2.24) is 4.57 Å². The van der Waals surface area contributed by atoms with Crippen LogP contribution in [0.3, 0.4) is 0 Å². The average Bonchev–Trinajstić information content (AvgIpc) is 2.24. The van der Waals surface area contributed by atoms with Crippen molar-refractivity contribution in [3.05, 3.63) is 27.1 Å². The molecule has 0 fully saturated rings. The number of hydrogen-bond donors (Lipinski definition) is 1. The Balaban J connectivity index is 3.04. The van der Waals surface area contributed by atoms with Gasteiger partial charge in [-0.05, 0) is 29.8 Å². The summed E-state index contributed by atoms with van der Waals surface area (Å²) in [6, 6.07) is 0. The van der Waals surface area contributed by atoms with Crippen molar-refractivity contribution < 1.29 is 9.53 Å². The van der Waals surface area contributed by atoms with Crippen LogP contribution in [0.15, 0.2) is 21.7 Å². The maximum atomic E-state index is 11.5. The summed E-state index contributed by atoms with van der Waals surface area (Å²) in [4.78, 5) is 22.9. The van der Waals surface area contributed by atoms with Crippen molar-refractivity contribution in [2.75, 3.05) is 12.8 Å². The molecule has 0 amide bonds. The second kappa shape index (κ2) is 4.91. The molecular formula is C11H15BrN2O3. The van der Waals surface area contributed by atoms with E-state index in [0.29, 0.717) is 11.0 Å². The Morgan fingerprint density at radius 3 is 2.59 bits per heavy atom. The number of nitrogens with zero attached hydrogens (tertiary/aromatic N) is 1. The average molecular weight is 303 g/mol. The van der Waals surface area contributed by atoms with Gasteiger partial charge in [-0.1, -0.05) is 0 Å². The fraction of sp³-hybridized carbons (Fsp3) is 0.455. The van der Waals surface area contributed by atoms with Crippen LogP contribution >= 0.6 is 15.9 Å². The van der Waals surface area contributed by atoms with Gasteiger partial charge in [-0.15, -0.1) is 0 Å². The zero-order chi connectivity index (χ0) is 13.2. The number of methoxy groups -OCH3 is 1. The molecule has 1 heterocycles. The standard InChI is InChI=1S/C11H15BrN2O3/c1-11(2,10(16)17-3)6-14-4-7(12)9(15)8(13)5-14/h4-5H,6,13H2,1-3H3. The number of carbonyl (C=O) groups is 1. The second-order valence-electron chi connectivity index (χ2n) is 4.44. The van der Waals surface area contributed by atoms with E-state index in [1.165, 1.54) is 13.3 Å². The third-order valence-corrected chi connectivity index (χ3v) is 2.94. The van der Waals surface area contributed by atoms with Crippen LogP contribution in [-0.4, -0.2) is 17.6 Å². The molecule has 0 saturated carbocycles. The number of carbonyl (C=O) groups excluding carboxylic acids is 1. The minimum absolute atomic E-state index is 0.139. The van der Waals surface area contributed by atoms with E-state index >= 15 is 0 Å². The molecule has 0 aliphatic carbocycles. The van der Waals surface area contributed by atoms with Gasteiger partial charge in [-0.25, -0.2) is 0 Å². The molecule has 0 spiro atoms. The molecule has 0 saturated heterocycles. The van der Waals surface area contributed by atoms with Gasteiger partial charge in [0.05, 0.1) is 22.7 Å². The van der Waals surface area contributed by atoms with Gasteiger partial charge in [0.25, 0.3) is 0 Å². The molecule has 0 aromatic carbocycles. The lowest BCUT2D eigenvalue weighted by atomic mass is 9.93. The van der Waals surface area contributed by atoms with Gasteiger partial charge in [0.2, 0.25) is 5.43 Å². The predicted octanol–water partition coefficient (Wildman–Crippen LogP) is 1.39. The lowest BCUT2D eigenvalue weighted by molar-refractivity contribution is -0.151. The fourth-order valence-electron chi connectivity index (χ4n) is 1.51. The molecule has 94 valence electrons. The molecule has 0 bridgehead atoms. The molecule has 0 atom stereocenters. The summed E-state index contributed by atoms with van der Waals surface area (Å²) in [5.74, 6) is -0.314. The van der Waals surface area contributed by atoms with Crippen molar-refractivity contribution in [2.24, 2.45) is 5.41 Å². The molecule has 1 aromatic heterocycles. The molecule has 6 heteroatoms. The molecule has 17 heavy (non-hydrogen) atoms. The molecule has 1 aromatic rings. The quantitative estimate of drug-likeness (QED) is 0.856. The molecule has 0 unspecified atom stereocenters. The summed E-state index contributed by atoms with van der Waals surface area (Å²) in [7, 11) is 1.35. The number of nitrogen functional groups attached to an aromatic ring is 1. The summed E-state index contributed by atoms with van der Waals surface area (Å²) in [6.07, 6.45) is 3.11. The van der Waals surface area contributed by atoms with Crippen molar-refractivity contribution in [3.8, 4) is 0 Å². The van der Waals surface area contributed by atoms with Crippen LogP contribution in [-0.2, 0) is 16.1 Å². The minimum Gasteiger partial charge on any atom is -0.469 e. The SMILES string of the molecule is COC(=O)C(C)(C)Cn1cc(N)c(=O)c(Br)c1. The largest absolute Gasteiger partial charge is 0.469 e. The van der Waals surface area contributed by atoms with Crippen LogP contribution in [0.2, 0.25) is 0 Å². The van der Waals surface area contributed by atoms with Crippen LogP contribution in [0.25, 0.3) is 0 Å². The Bertz CT molecular complexity index is 468. The molecule has 2 N–H and O–H groups in total. The van der Waals surface area contributed by atoms with E-state index in [2.05, 4.69) is 15.9 Å². The molecule has 0 aliphatic rings. The highest BCUT2D eigenvalue weighted by Crippen LogP contribution is 2.20. The normalized spacial score (nSPS) is 11.3. The first-order valence-corrected chi connectivity index (χ1v) is 5.80. The van der Waals surface area contributed by atoms with Crippen molar-refractivity contribution in [2.45, 2.75) is 20.4 Å². The maximum Gasteiger partial charge on any atom is 0.313 e. The first kappa shape index (κ1) is 13.8. The van der Waals surface area contributed by atoms with Crippen molar-refractivity contribution in [1.29, 1.82) is 0 Å². The first-order valence-electron chi connectivity index (χ1n) is 5.01. The Morgan fingerprint density at radius 1 is 1.53 bits per heavy atom. The minimum atomic E-state index is -0.685. The van der Waals surface area contributed by atoms with E-state index in [1.807, 2.05) is 0 Å². The smallest absolute Gasteiger partial charge is 0.313 e. The van der Waals surface area contributed by atoms with Crippen molar-refractivity contribution in [3.63, 3.8) is 0 Å². The Labute approximate surface area is 108 Å². The monoisotopic (exact) mass is 302 g/mol. The highest BCUT2D eigenvalue weighted by atomic mass is 79.9. The number of pyridine rings is 1. The van der Waals surface area contributed by atoms with E-state index in [0.717, 1.165) is 0 Å². The van der Waals surface area contributed by atoms with Gasteiger partial charge in [-0.3, -0.25) is 9.59 Å². The van der Waals surface area contributed by atoms with E-state index in [4.69, 9.17) is 10.5 Å². The number of nitrogens with two attached hydrogens (primary N) is 1. The van der Waals surface area contributed by atoms with Gasteiger partial charge >= 0.3 is 5.97 Å². The molecule has 0 radical (unpaired) electrons. The lowest BCUT2D eigenvalue weighted by Crippen LogP contribution is -2.31. The van der Waals surface area contributed by atoms with Crippen LogP contribution in [0.5, 0.6) is 0 Å². The van der Waals surface area contributed by atoms with Crippen LogP contribution in [0, 0.1) is 5.41 Å². The van der Waals surface area contributed by atoms with E-state index in [-0.39, 0.29) is 17.1 Å². The number of esters is 1. The molecule has 1 rings (SSSR count). The third-order valence-electron chi connectivity index (χ3n) is 2.38. The molecule has 5 nitrogen and oxygen atoms in total. The van der Waals surface area contributed by atoms with Crippen LogP contribution in [0.4, 0.5) is 5.69 Å². The summed E-state index contributed by atoms with van der Waals surface area (Å²) < 4.78 is 6.78. The Kier molecular flexibility index (Phi) is 3.98. The number of aromatic nitrogens is 1. The van der Waals surface area contributed by atoms with Gasteiger partial charge in [-0.2, -0.15) is 0 Å². The zero-order valence-corrected chi connectivity index (χ0v) is 11.6. The van der Waals surface area contributed by atoms with Crippen LogP contribution in [0.1, 0.15) is 13.8 Å². The summed E-state index contributed by atoms with van der Waals surface area (Å²) >= 11 is 3.13. The van der Waals surface area contributed by atoms with Gasteiger partial charge in [0, 0.05) is 18.9 Å². The van der Waals surface area contributed by atoms with E-state index in [1.54, 1.807) is 24.6 Å². The second-order valence-corrected chi connectivity index (χ2v) is 5.29. The zero-order valence-electron chi connectivity index (χ0n) is 9.99. The van der Waals surface area contributed by atoms with Gasteiger partial charge < -0.3 is 15.0 Å². The Morgan fingerprint density at radius 2 is 2.12 bits per heavy atom. The van der Waals surface area contributed by atoms with E-state index in [9.17, 15) is 9.59 Å². The predicted molar refractivity (Wildman–Crippen MR) is 68.6 cm³/mol. The van der Waals surface area contributed by atoms with Gasteiger partial charge in [0.1, 0.15) is 0 Å². The lowest BCUT2D eigenvalue weighted by Gasteiger charge is -2.23. The van der Waals surface area contributed by atoms with Crippen molar-refractivity contribution >= 4 is 27.6 Å². The first-order chi connectivity index (χ1) is 7.77. The number of halogens is 1. The molecular weight excluding hydrogens is 288 g/mol. The van der Waals surface area contributed by atoms with E-state index < -0.39 is 5.41 Å².